The zero-order chi connectivity index (χ0) is 30.0. The summed E-state index contributed by atoms with van der Waals surface area (Å²) in [5, 5.41) is 9.07. The van der Waals surface area contributed by atoms with Crippen LogP contribution in [0.25, 0.3) is 27.9 Å². The number of hydrogen-bond donors (Lipinski definition) is 3. The molecule has 5 rings (SSSR count). The maximum absolute atomic E-state index is 13.7. The number of esters is 1. The largest absolute Gasteiger partial charge is 0.462 e. The van der Waals surface area contributed by atoms with E-state index in [1.54, 1.807) is 19.1 Å². The number of nitrogen functional groups attached to an aromatic ring is 1. The Morgan fingerprint density at radius 1 is 0.976 bits per heavy atom. The average Bonchev–Trinajstić information content (AvgIpc) is 3.30. The van der Waals surface area contributed by atoms with Crippen LogP contribution in [0.5, 0.6) is 0 Å². The number of carbonyl (C=O) groups is 2. The number of amides is 2. The number of aromatic nitrogens is 4. The van der Waals surface area contributed by atoms with Crippen LogP contribution in [0.2, 0.25) is 0 Å². The average molecular weight is 580 g/mol. The van der Waals surface area contributed by atoms with Crippen molar-refractivity contribution in [2.75, 3.05) is 23.0 Å². The highest BCUT2D eigenvalue weighted by Crippen LogP contribution is 2.40. The summed E-state index contributed by atoms with van der Waals surface area (Å²) in [5.41, 5.74) is 7.58. The summed E-state index contributed by atoms with van der Waals surface area (Å²) < 4.78 is 59.4. The Morgan fingerprint density at radius 3 is 2.33 bits per heavy atom. The van der Waals surface area contributed by atoms with Crippen LogP contribution >= 0.6 is 0 Å². The number of nitrogens with two attached hydrogens (primary N) is 1. The van der Waals surface area contributed by atoms with E-state index in [1.165, 1.54) is 47.2 Å². The van der Waals surface area contributed by atoms with Gasteiger partial charge in [-0.1, -0.05) is 12.1 Å². The Balaban J connectivity index is 1.52. The van der Waals surface area contributed by atoms with Crippen molar-refractivity contribution in [3.63, 3.8) is 0 Å². The number of fused-ring (bicyclic) bond motifs is 1. The molecule has 0 spiro atoms. The third-order valence-electron chi connectivity index (χ3n) is 6.11. The number of anilines is 3. The maximum atomic E-state index is 13.7. The summed E-state index contributed by atoms with van der Waals surface area (Å²) >= 11 is 0. The van der Waals surface area contributed by atoms with Crippen LogP contribution in [0, 0.1) is 5.82 Å². The van der Waals surface area contributed by atoms with Crippen LogP contribution in [0.4, 0.5) is 39.7 Å². The van der Waals surface area contributed by atoms with Gasteiger partial charge in [0.15, 0.2) is 5.82 Å². The van der Waals surface area contributed by atoms with Crippen LogP contribution in [0.1, 0.15) is 22.8 Å². The van der Waals surface area contributed by atoms with E-state index in [4.69, 9.17) is 10.5 Å². The second-order valence-corrected chi connectivity index (χ2v) is 8.82. The summed E-state index contributed by atoms with van der Waals surface area (Å²) in [4.78, 5) is 33.6. The monoisotopic (exact) mass is 579 g/mol. The van der Waals surface area contributed by atoms with Gasteiger partial charge in [0.1, 0.15) is 23.5 Å². The molecule has 0 unspecified atom stereocenters. The molecule has 0 saturated heterocycles. The van der Waals surface area contributed by atoms with Gasteiger partial charge in [-0.05, 0) is 61.0 Å². The van der Waals surface area contributed by atoms with E-state index in [0.717, 1.165) is 12.3 Å². The molecule has 0 radical (unpaired) electrons. The van der Waals surface area contributed by atoms with Crippen molar-refractivity contribution in [2.24, 2.45) is 0 Å². The minimum Gasteiger partial charge on any atom is -0.462 e. The van der Waals surface area contributed by atoms with Gasteiger partial charge < -0.3 is 15.8 Å². The second kappa shape index (κ2) is 11.2. The SMILES string of the molecule is CCOC(=O)c1c(-c2ccc(NC(=O)Nc3cc(C(F)(F)F)ccn3)cc2)c2c(N)ncnn2c1-c1ccc(F)cc1. The molecule has 0 fully saturated rings. The first-order valence-electron chi connectivity index (χ1n) is 12.4. The molecule has 42 heavy (non-hydrogen) atoms. The lowest BCUT2D eigenvalue weighted by Gasteiger charge is -2.11. The third kappa shape index (κ3) is 5.54. The lowest BCUT2D eigenvalue weighted by molar-refractivity contribution is -0.137. The fourth-order valence-electron chi connectivity index (χ4n) is 4.34. The van der Waals surface area contributed by atoms with Gasteiger partial charge in [0.2, 0.25) is 0 Å². The number of hydrogen-bond acceptors (Lipinski definition) is 7. The molecule has 14 heteroatoms. The van der Waals surface area contributed by atoms with Crippen LogP contribution in [-0.2, 0) is 10.9 Å². The van der Waals surface area contributed by atoms with Crippen LogP contribution < -0.4 is 16.4 Å². The van der Waals surface area contributed by atoms with Crippen molar-refractivity contribution >= 4 is 34.8 Å². The van der Waals surface area contributed by atoms with Crippen molar-refractivity contribution in [1.29, 1.82) is 0 Å². The van der Waals surface area contributed by atoms with Gasteiger partial charge in [-0.25, -0.2) is 28.5 Å². The molecule has 0 aliphatic carbocycles. The number of benzene rings is 2. The van der Waals surface area contributed by atoms with Gasteiger partial charge >= 0.3 is 18.2 Å². The molecular formula is C28H21F4N7O3. The van der Waals surface area contributed by atoms with E-state index in [0.29, 0.717) is 34.0 Å². The Labute approximate surface area is 235 Å². The quantitative estimate of drug-likeness (QED) is 0.165. The normalized spacial score (nSPS) is 11.4. The summed E-state index contributed by atoms with van der Waals surface area (Å²) in [6.07, 6.45) is -2.44. The molecular weight excluding hydrogens is 558 g/mol. The molecule has 0 bridgehead atoms. The second-order valence-electron chi connectivity index (χ2n) is 8.82. The first kappa shape index (κ1) is 28.0. The molecule has 3 heterocycles. The standard InChI is InChI=1S/C28H21F4N7O3/c1-2-42-26(40)22-21(24-25(33)35-14-36-39(24)23(22)16-3-7-18(29)8-4-16)15-5-9-19(10-6-15)37-27(41)38-20-13-17(11-12-34-20)28(30,31)32/h3-14H,2H2,1H3,(H2,33,35,36)(H2,34,37,38,41). The summed E-state index contributed by atoms with van der Waals surface area (Å²) in [6.45, 7) is 1.73. The molecule has 0 atom stereocenters. The molecule has 5 aromatic rings. The zero-order valence-corrected chi connectivity index (χ0v) is 21.7. The van der Waals surface area contributed by atoms with Crippen molar-refractivity contribution < 1.29 is 31.9 Å². The predicted molar refractivity (Wildman–Crippen MR) is 146 cm³/mol. The third-order valence-corrected chi connectivity index (χ3v) is 6.11. The van der Waals surface area contributed by atoms with Crippen molar-refractivity contribution in [1.82, 2.24) is 19.6 Å². The zero-order valence-electron chi connectivity index (χ0n) is 21.7. The van der Waals surface area contributed by atoms with Gasteiger partial charge in [-0.3, -0.25) is 5.32 Å². The molecule has 0 aliphatic rings. The van der Waals surface area contributed by atoms with Crippen molar-refractivity contribution in [3.8, 4) is 22.4 Å². The van der Waals surface area contributed by atoms with Crippen LogP contribution in [0.15, 0.2) is 73.2 Å². The number of pyridine rings is 1. The van der Waals surface area contributed by atoms with E-state index in [2.05, 4.69) is 25.7 Å². The number of urea groups is 1. The molecule has 2 aromatic carbocycles. The van der Waals surface area contributed by atoms with Gasteiger partial charge in [0, 0.05) is 23.0 Å². The maximum Gasteiger partial charge on any atom is 0.416 e. The molecule has 0 aliphatic heterocycles. The summed E-state index contributed by atoms with van der Waals surface area (Å²) in [5.74, 6) is -1.37. The van der Waals surface area contributed by atoms with Gasteiger partial charge in [0.05, 0.1) is 23.4 Å². The van der Waals surface area contributed by atoms with Gasteiger partial charge in [-0.15, -0.1) is 0 Å². The number of carbonyl (C=O) groups excluding carboxylic acids is 2. The van der Waals surface area contributed by atoms with E-state index in [-0.39, 0.29) is 29.5 Å². The minimum atomic E-state index is -4.59. The smallest absolute Gasteiger partial charge is 0.416 e. The summed E-state index contributed by atoms with van der Waals surface area (Å²) in [7, 11) is 0. The predicted octanol–water partition coefficient (Wildman–Crippen LogP) is 6.02. The Morgan fingerprint density at radius 2 is 1.67 bits per heavy atom. The van der Waals surface area contributed by atoms with Gasteiger partial charge in [-0.2, -0.15) is 18.3 Å². The van der Waals surface area contributed by atoms with E-state index in [1.807, 2.05) is 0 Å². The number of ether oxygens (including phenoxy) is 1. The van der Waals surface area contributed by atoms with E-state index >= 15 is 0 Å². The first-order chi connectivity index (χ1) is 20.1. The number of halogens is 4. The van der Waals surface area contributed by atoms with Crippen LogP contribution in [-0.4, -0.2) is 38.2 Å². The molecule has 2 amide bonds. The Bertz CT molecular complexity index is 1790. The fraction of sp³-hybridized carbons (Fsp3) is 0.107. The number of rotatable bonds is 6. The minimum absolute atomic E-state index is 0.0640. The molecule has 4 N–H and O–H groups in total. The number of alkyl halides is 3. The highest BCUT2D eigenvalue weighted by Gasteiger charge is 2.31. The van der Waals surface area contributed by atoms with E-state index in [9.17, 15) is 27.2 Å². The van der Waals surface area contributed by atoms with Crippen molar-refractivity contribution in [3.05, 3.63) is 90.1 Å². The highest BCUT2D eigenvalue weighted by atomic mass is 19.4. The molecule has 10 nitrogen and oxygen atoms in total. The first-order valence-corrected chi connectivity index (χ1v) is 12.4. The lowest BCUT2D eigenvalue weighted by atomic mass is 9.98. The van der Waals surface area contributed by atoms with Crippen molar-refractivity contribution in [2.45, 2.75) is 13.1 Å². The number of nitrogens with one attached hydrogen (secondary N) is 2. The van der Waals surface area contributed by atoms with Crippen LogP contribution in [0.3, 0.4) is 0 Å². The molecule has 0 saturated carbocycles. The topological polar surface area (TPSA) is 137 Å². The lowest BCUT2D eigenvalue weighted by Crippen LogP contribution is -2.20. The Hall–Kier alpha value is -5.53. The fourth-order valence-corrected chi connectivity index (χ4v) is 4.34. The summed E-state index contributed by atoms with van der Waals surface area (Å²) in [6, 6.07) is 12.4. The van der Waals surface area contributed by atoms with E-state index < -0.39 is 29.6 Å². The number of nitrogens with zero attached hydrogens (tertiary/aromatic N) is 4. The highest BCUT2D eigenvalue weighted by molar-refractivity contribution is 6.10. The Kier molecular flexibility index (Phi) is 7.44. The van der Waals surface area contributed by atoms with Gasteiger partial charge in [0.25, 0.3) is 0 Å². The molecule has 214 valence electrons. The molecule has 3 aromatic heterocycles.